The molecule has 0 spiro atoms. The number of rotatable bonds is 2. The van der Waals surface area contributed by atoms with Crippen molar-refractivity contribution in [3.8, 4) is 0 Å². The summed E-state index contributed by atoms with van der Waals surface area (Å²) in [6, 6.07) is 0. The minimum atomic E-state index is -2.98. The molecule has 0 radical (unpaired) electrons. The molecule has 0 aromatic heterocycles. The summed E-state index contributed by atoms with van der Waals surface area (Å²) in [6.07, 6.45) is 0.409. The molecular weight excluding hydrogens is 181 g/mol. The van der Waals surface area contributed by atoms with E-state index in [9.17, 15) is 12.8 Å². The molecule has 0 saturated carbocycles. The maximum Gasteiger partial charge on any atom is 0.150 e. The molecule has 72 valence electrons. The zero-order valence-electron chi connectivity index (χ0n) is 7.09. The summed E-state index contributed by atoms with van der Waals surface area (Å²) in [5.74, 6) is -0.346. The first-order chi connectivity index (χ1) is 5.37. The predicted molar refractivity (Wildman–Crippen MR) is 45.3 cm³/mol. The largest absolute Gasteiger partial charge is 0.328 e. The van der Waals surface area contributed by atoms with Crippen molar-refractivity contribution in [2.24, 2.45) is 11.7 Å². The Labute approximate surface area is 72.1 Å². The molecule has 0 amide bonds. The molecule has 1 rings (SSSR count). The third-order valence-corrected chi connectivity index (χ3v) is 4.25. The molecule has 5 heteroatoms. The van der Waals surface area contributed by atoms with Crippen LogP contribution in [0.15, 0.2) is 0 Å². The standard InChI is InChI=1S/C7H14FNO2S/c1-7(8,5-9)6-2-3-12(10,11)4-6/h6H,2-5,9H2,1H3. The van der Waals surface area contributed by atoms with Crippen molar-refractivity contribution in [3.63, 3.8) is 0 Å². The fourth-order valence-electron chi connectivity index (χ4n) is 1.44. The lowest BCUT2D eigenvalue weighted by Gasteiger charge is -2.24. The zero-order valence-corrected chi connectivity index (χ0v) is 7.90. The van der Waals surface area contributed by atoms with Crippen molar-refractivity contribution in [1.82, 2.24) is 0 Å². The second-order valence-corrected chi connectivity index (χ2v) is 5.81. The second kappa shape index (κ2) is 2.96. The van der Waals surface area contributed by atoms with Crippen LogP contribution >= 0.6 is 0 Å². The molecule has 3 nitrogen and oxygen atoms in total. The molecule has 0 aromatic rings. The number of hydrogen-bond donors (Lipinski definition) is 1. The first-order valence-corrected chi connectivity index (χ1v) is 5.79. The van der Waals surface area contributed by atoms with E-state index in [-0.39, 0.29) is 18.1 Å². The van der Waals surface area contributed by atoms with E-state index in [2.05, 4.69) is 0 Å². The van der Waals surface area contributed by atoms with Gasteiger partial charge in [0.05, 0.1) is 11.5 Å². The SMILES string of the molecule is CC(F)(CN)C1CCS(=O)(=O)C1. The number of sulfone groups is 1. The number of halogens is 1. The average Bonchev–Trinajstić information content (AvgIpc) is 2.31. The summed E-state index contributed by atoms with van der Waals surface area (Å²) >= 11 is 0. The molecule has 2 N–H and O–H groups in total. The van der Waals surface area contributed by atoms with Gasteiger partial charge in [-0.2, -0.15) is 0 Å². The van der Waals surface area contributed by atoms with Gasteiger partial charge in [0.25, 0.3) is 0 Å². The molecule has 12 heavy (non-hydrogen) atoms. The summed E-state index contributed by atoms with van der Waals surface area (Å²) in [5.41, 5.74) is 3.68. The number of nitrogens with two attached hydrogens (primary N) is 1. The molecule has 1 fully saturated rings. The van der Waals surface area contributed by atoms with Gasteiger partial charge >= 0.3 is 0 Å². The second-order valence-electron chi connectivity index (χ2n) is 3.58. The summed E-state index contributed by atoms with van der Waals surface area (Å²) < 4.78 is 35.5. The fraction of sp³-hybridized carbons (Fsp3) is 1.00. The molecule has 1 heterocycles. The fourth-order valence-corrected chi connectivity index (χ4v) is 3.37. The van der Waals surface area contributed by atoms with Crippen molar-refractivity contribution in [2.45, 2.75) is 19.0 Å². The minimum Gasteiger partial charge on any atom is -0.328 e. The minimum absolute atomic E-state index is 0.0444. The van der Waals surface area contributed by atoms with Crippen molar-refractivity contribution in [3.05, 3.63) is 0 Å². The Hall–Kier alpha value is -0.160. The van der Waals surface area contributed by atoms with Gasteiger partial charge in [0.2, 0.25) is 0 Å². The Morgan fingerprint density at radius 2 is 2.25 bits per heavy atom. The van der Waals surface area contributed by atoms with Crippen LogP contribution in [0.2, 0.25) is 0 Å². The van der Waals surface area contributed by atoms with Gasteiger partial charge in [0.1, 0.15) is 5.67 Å². The maximum atomic E-state index is 13.5. The lowest BCUT2D eigenvalue weighted by atomic mass is 9.91. The molecule has 1 aliphatic heterocycles. The van der Waals surface area contributed by atoms with E-state index < -0.39 is 21.4 Å². The van der Waals surface area contributed by atoms with Crippen LogP contribution in [-0.4, -0.2) is 32.1 Å². The summed E-state index contributed by atoms with van der Waals surface area (Å²) in [4.78, 5) is 0. The van der Waals surface area contributed by atoms with Crippen LogP contribution in [0.25, 0.3) is 0 Å². The molecule has 0 bridgehead atoms. The van der Waals surface area contributed by atoms with Gasteiger partial charge in [-0.3, -0.25) is 0 Å². The van der Waals surface area contributed by atoms with Gasteiger partial charge < -0.3 is 5.73 Å². The van der Waals surface area contributed by atoms with E-state index >= 15 is 0 Å². The highest BCUT2D eigenvalue weighted by molar-refractivity contribution is 7.91. The first kappa shape index (κ1) is 9.92. The van der Waals surface area contributed by atoms with Gasteiger partial charge in [0, 0.05) is 12.5 Å². The third-order valence-electron chi connectivity index (χ3n) is 2.48. The molecule has 0 aromatic carbocycles. The summed E-state index contributed by atoms with van der Waals surface area (Å²) in [7, 11) is -2.98. The molecule has 1 aliphatic rings. The van der Waals surface area contributed by atoms with E-state index in [1.54, 1.807) is 0 Å². The van der Waals surface area contributed by atoms with Crippen LogP contribution in [0.3, 0.4) is 0 Å². The lowest BCUT2D eigenvalue weighted by Crippen LogP contribution is -2.38. The molecule has 2 unspecified atom stereocenters. The quantitative estimate of drug-likeness (QED) is 0.680. The van der Waals surface area contributed by atoms with Gasteiger partial charge in [-0.15, -0.1) is 0 Å². The van der Waals surface area contributed by atoms with Gasteiger partial charge in [0.15, 0.2) is 9.84 Å². The maximum absolute atomic E-state index is 13.5. The molecule has 0 aliphatic carbocycles. The van der Waals surface area contributed by atoms with Crippen molar-refractivity contribution in [2.75, 3.05) is 18.1 Å². The highest BCUT2D eigenvalue weighted by atomic mass is 32.2. The van der Waals surface area contributed by atoms with E-state index in [1.807, 2.05) is 0 Å². The third kappa shape index (κ3) is 1.95. The zero-order chi connectivity index (χ0) is 9.41. The van der Waals surface area contributed by atoms with E-state index in [0.717, 1.165) is 0 Å². The van der Waals surface area contributed by atoms with E-state index in [0.29, 0.717) is 6.42 Å². The summed E-state index contributed by atoms with van der Waals surface area (Å²) in [6.45, 7) is 1.27. The normalized spacial score (nSPS) is 33.1. The Morgan fingerprint density at radius 3 is 2.58 bits per heavy atom. The number of alkyl halides is 1. The Bertz CT molecular complexity index is 261. The Kier molecular flexibility index (Phi) is 2.45. The van der Waals surface area contributed by atoms with Crippen LogP contribution in [0.5, 0.6) is 0 Å². The lowest BCUT2D eigenvalue weighted by molar-refractivity contribution is 0.126. The van der Waals surface area contributed by atoms with Crippen molar-refractivity contribution >= 4 is 9.84 Å². The van der Waals surface area contributed by atoms with Crippen LogP contribution in [0.1, 0.15) is 13.3 Å². The Morgan fingerprint density at radius 1 is 1.67 bits per heavy atom. The van der Waals surface area contributed by atoms with Gasteiger partial charge in [-0.25, -0.2) is 12.8 Å². The molecular formula is C7H14FNO2S. The van der Waals surface area contributed by atoms with Gasteiger partial charge in [-0.1, -0.05) is 0 Å². The smallest absolute Gasteiger partial charge is 0.150 e. The van der Waals surface area contributed by atoms with Crippen molar-refractivity contribution in [1.29, 1.82) is 0 Å². The highest BCUT2D eigenvalue weighted by Gasteiger charge is 2.40. The summed E-state index contributed by atoms with van der Waals surface area (Å²) in [5, 5.41) is 0. The topological polar surface area (TPSA) is 60.2 Å². The molecule has 1 saturated heterocycles. The van der Waals surface area contributed by atoms with Crippen LogP contribution in [-0.2, 0) is 9.84 Å². The number of hydrogen-bond acceptors (Lipinski definition) is 3. The first-order valence-electron chi connectivity index (χ1n) is 3.97. The Balaban J connectivity index is 2.70. The average molecular weight is 195 g/mol. The van der Waals surface area contributed by atoms with Gasteiger partial charge in [-0.05, 0) is 13.3 Å². The van der Waals surface area contributed by atoms with Crippen LogP contribution < -0.4 is 5.73 Å². The monoisotopic (exact) mass is 195 g/mol. The predicted octanol–water partition coefficient (Wildman–Crippen LogP) is 0.108. The van der Waals surface area contributed by atoms with Crippen LogP contribution in [0.4, 0.5) is 4.39 Å². The van der Waals surface area contributed by atoms with Crippen LogP contribution in [0, 0.1) is 5.92 Å². The molecule has 2 atom stereocenters. The van der Waals surface area contributed by atoms with E-state index in [1.165, 1.54) is 6.92 Å². The highest BCUT2D eigenvalue weighted by Crippen LogP contribution is 2.31. The van der Waals surface area contributed by atoms with E-state index in [4.69, 9.17) is 5.73 Å². The van der Waals surface area contributed by atoms with Crippen molar-refractivity contribution < 1.29 is 12.8 Å².